The van der Waals surface area contributed by atoms with E-state index in [0.29, 0.717) is 21.9 Å². The number of nitrogens with zero attached hydrogens (tertiary/aromatic N) is 1. The Labute approximate surface area is 155 Å². The van der Waals surface area contributed by atoms with Crippen LogP contribution < -0.4 is 10.1 Å². The van der Waals surface area contributed by atoms with Crippen molar-refractivity contribution in [1.29, 1.82) is 0 Å². The van der Waals surface area contributed by atoms with Crippen LogP contribution in [0.5, 0.6) is 5.75 Å². The van der Waals surface area contributed by atoms with Gasteiger partial charge in [0.05, 0.1) is 29.4 Å². The third kappa shape index (κ3) is 2.24. The molecule has 132 valence electrons. The summed E-state index contributed by atoms with van der Waals surface area (Å²) in [6.07, 6.45) is 0. The van der Waals surface area contributed by atoms with Crippen LogP contribution in [0.2, 0.25) is 5.02 Å². The van der Waals surface area contributed by atoms with Gasteiger partial charge in [-0.05, 0) is 25.1 Å². The lowest BCUT2D eigenvalue weighted by Gasteiger charge is -2.15. The average Bonchev–Trinajstić information content (AvgIpc) is 3.07. The van der Waals surface area contributed by atoms with Crippen molar-refractivity contribution in [2.45, 2.75) is 19.9 Å². The van der Waals surface area contributed by atoms with Gasteiger partial charge in [-0.25, -0.2) is 0 Å². The van der Waals surface area contributed by atoms with Gasteiger partial charge < -0.3 is 10.1 Å². The van der Waals surface area contributed by atoms with Gasteiger partial charge in [-0.3, -0.25) is 14.2 Å². The number of carbonyl (C=O) groups is 2. The van der Waals surface area contributed by atoms with Crippen LogP contribution in [-0.4, -0.2) is 23.5 Å². The summed E-state index contributed by atoms with van der Waals surface area (Å²) in [5.41, 5.74) is 3.89. The molecule has 2 aromatic carbocycles. The summed E-state index contributed by atoms with van der Waals surface area (Å²) in [5, 5.41) is 4.20. The van der Waals surface area contributed by atoms with Gasteiger partial charge in [0.1, 0.15) is 5.75 Å². The van der Waals surface area contributed by atoms with E-state index in [9.17, 15) is 9.59 Å². The van der Waals surface area contributed by atoms with E-state index in [0.717, 1.165) is 22.2 Å². The highest BCUT2D eigenvalue weighted by Gasteiger charge is 2.34. The van der Waals surface area contributed by atoms with Crippen LogP contribution in [0, 0.1) is 0 Å². The van der Waals surface area contributed by atoms with Crippen molar-refractivity contribution in [3.63, 3.8) is 0 Å². The first kappa shape index (κ1) is 16.7. The Morgan fingerprint density at radius 2 is 1.92 bits per heavy atom. The van der Waals surface area contributed by atoms with E-state index in [1.54, 1.807) is 17.7 Å². The quantitative estimate of drug-likeness (QED) is 0.590. The molecule has 1 amide bonds. The molecule has 1 unspecified atom stereocenters. The number of hydrogen-bond donors (Lipinski definition) is 1. The number of halogens is 1. The molecule has 1 aliphatic heterocycles. The fourth-order valence-corrected chi connectivity index (χ4v) is 3.99. The first-order valence-electron chi connectivity index (χ1n) is 8.27. The molecule has 0 saturated carbocycles. The molecule has 3 aromatic rings. The summed E-state index contributed by atoms with van der Waals surface area (Å²) in [6, 6.07) is 10.8. The predicted molar refractivity (Wildman–Crippen MR) is 101 cm³/mol. The van der Waals surface area contributed by atoms with Crippen LogP contribution in [0.15, 0.2) is 36.4 Å². The monoisotopic (exact) mass is 368 g/mol. The topological polar surface area (TPSA) is 60.3 Å². The summed E-state index contributed by atoms with van der Waals surface area (Å²) >= 11 is 6.32. The zero-order chi connectivity index (χ0) is 18.6. The molecule has 0 fully saturated rings. The number of carbonyl (C=O) groups excluding carboxylic acids is 2. The van der Waals surface area contributed by atoms with Gasteiger partial charge in [-0.1, -0.05) is 29.8 Å². The molecule has 1 N–H and O–H groups in total. The van der Waals surface area contributed by atoms with Gasteiger partial charge in [-0.2, -0.15) is 0 Å². The fourth-order valence-electron chi connectivity index (χ4n) is 3.76. The van der Waals surface area contributed by atoms with Crippen molar-refractivity contribution >= 4 is 34.3 Å². The summed E-state index contributed by atoms with van der Waals surface area (Å²) in [4.78, 5) is 24.7. The predicted octanol–water partition coefficient (Wildman–Crippen LogP) is 4.17. The summed E-state index contributed by atoms with van der Waals surface area (Å²) < 4.78 is 7.03. The molecule has 6 heteroatoms. The molecule has 0 radical (unpaired) electrons. The SMILES string of the molecule is COc1cc2c(C(C)NC(C)=O)c3n(c2cc1Cl)C(=O)c1ccccc1-3. The van der Waals surface area contributed by atoms with Crippen molar-refractivity contribution in [2.75, 3.05) is 7.11 Å². The van der Waals surface area contributed by atoms with Gasteiger partial charge in [0.2, 0.25) is 5.91 Å². The Kier molecular flexibility index (Phi) is 3.77. The molecular weight excluding hydrogens is 352 g/mol. The molecule has 0 bridgehead atoms. The Hall–Kier alpha value is -2.79. The summed E-state index contributed by atoms with van der Waals surface area (Å²) in [7, 11) is 1.55. The van der Waals surface area contributed by atoms with E-state index < -0.39 is 0 Å². The normalized spacial score (nSPS) is 13.5. The van der Waals surface area contributed by atoms with E-state index >= 15 is 0 Å². The molecule has 26 heavy (non-hydrogen) atoms. The Morgan fingerprint density at radius 1 is 1.23 bits per heavy atom. The number of hydrogen-bond acceptors (Lipinski definition) is 3. The number of rotatable bonds is 3. The molecule has 1 aromatic heterocycles. The maximum atomic E-state index is 13.0. The summed E-state index contributed by atoms with van der Waals surface area (Å²) in [5.74, 6) is 0.299. The van der Waals surface area contributed by atoms with Crippen molar-refractivity contribution in [1.82, 2.24) is 9.88 Å². The molecule has 0 aliphatic carbocycles. The molecule has 1 atom stereocenters. The molecular formula is C20H17ClN2O3. The minimum Gasteiger partial charge on any atom is -0.495 e. The Morgan fingerprint density at radius 3 is 2.58 bits per heavy atom. The molecule has 0 spiro atoms. The highest BCUT2D eigenvalue weighted by molar-refractivity contribution is 6.33. The fraction of sp³-hybridized carbons (Fsp3) is 0.200. The second kappa shape index (κ2) is 5.88. The highest BCUT2D eigenvalue weighted by Crippen LogP contribution is 2.45. The molecule has 0 saturated heterocycles. The number of nitrogens with one attached hydrogen (secondary N) is 1. The van der Waals surface area contributed by atoms with Crippen LogP contribution in [0.4, 0.5) is 0 Å². The van der Waals surface area contributed by atoms with Gasteiger partial charge in [0.15, 0.2) is 0 Å². The van der Waals surface area contributed by atoms with Crippen LogP contribution in [-0.2, 0) is 4.79 Å². The number of amides is 1. The minimum atomic E-state index is -0.281. The van der Waals surface area contributed by atoms with E-state index in [4.69, 9.17) is 16.3 Å². The zero-order valence-corrected chi connectivity index (χ0v) is 15.3. The maximum Gasteiger partial charge on any atom is 0.263 e. The van der Waals surface area contributed by atoms with Crippen LogP contribution in [0.25, 0.3) is 22.2 Å². The van der Waals surface area contributed by atoms with E-state index in [1.807, 2.05) is 37.3 Å². The number of fused-ring (bicyclic) bond motifs is 5. The van der Waals surface area contributed by atoms with Crippen LogP contribution in [0.3, 0.4) is 0 Å². The van der Waals surface area contributed by atoms with Gasteiger partial charge >= 0.3 is 0 Å². The lowest BCUT2D eigenvalue weighted by Crippen LogP contribution is -2.23. The molecule has 5 nitrogen and oxygen atoms in total. The van der Waals surface area contributed by atoms with Gasteiger partial charge in [0, 0.05) is 29.0 Å². The van der Waals surface area contributed by atoms with E-state index in [2.05, 4.69) is 5.32 Å². The number of benzene rings is 2. The van der Waals surface area contributed by atoms with Crippen molar-refractivity contribution < 1.29 is 14.3 Å². The lowest BCUT2D eigenvalue weighted by atomic mass is 9.98. The minimum absolute atomic E-state index is 0.0943. The maximum absolute atomic E-state index is 13.0. The summed E-state index contributed by atoms with van der Waals surface area (Å²) in [6.45, 7) is 3.38. The second-order valence-corrected chi connectivity index (χ2v) is 6.78. The van der Waals surface area contributed by atoms with Crippen molar-refractivity contribution in [3.8, 4) is 17.0 Å². The molecule has 4 rings (SSSR count). The lowest BCUT2D eigenvalue weighted by molar-refractivity contribution is -0.119. The van der Waals surface area contributed by atoms with E-state index in [1.165, 1.54) is 6.92 Å². The molecule has 2 heterocycles. The Balaban J connectivity index is 2.11. The average molecular weight is 369 g/mol. The van der Waals surface area contributed by atoms with E-state index in [-0.39, 0.29) is 17.9 Å². The second-order valence-electron chi connectivity index (χ2n) is 6.37. The van der Waals surface area contributed by atoms with Crippen molar-refractivity contribution in [2.24, 2.45) is 0 Å². The van der Waals surface area contributed by atoms with Crippen LogP contribution >= 0.6 is 11.6 Å². The zero-order valence-electron chi connectivity index (χ0n) is 14.6. The third-order valence-electron chi connectivity index (χ3n) is 4.75. The van der Waals surface area contributed by atoms with Gasteiger partial charge in [0.25, 0.3) is 5.91 Å². The van der Waals surface area contributed by atoms with Crippen LogP contribution in [0.1, 0.15) is 35.8 Å². The third-order valence-corrected chi connectivity index (χ3v) is 5.04. The molecule has 1 aliphatic rings. The number of methoxy groups -OCH3 is 1. The van der Waals surface area contributed by atoms with Gasteiger partial charge in [-0.15, -0.1) is 0 Å². The first-order valence-corrected chi connectivity index (χ1v) is 8.65. The standard InChI is InChI=1S/C20H17ClN2O3/c1-10(22-11(2)24)18-14-8-17(26-3)15(21)9-16(14)23-19(18)12-6-4-5-7-13(12)20(23)25/h4-10H,1-3H3,(H,22,24). The highest BCUT2D eigenvalue weighted by atomic mass is 35.5. The number of ether oxygens (including phenoxy) is 1. The number of aromatic nitrogens is 1. The largest absolute Gasteiger partial charge is 0.495 e. The Bertz CT molecular complexity index is 1080. The van der Waals surface area contributed by atoms with Crippen molar-refractivity contribution in [3.05, 3.63) is 52.5 Å². The smallest absolute Gasteiger partial charge is 0.263 e. The first-order chi connectivity index (χ1) is 12.4.